The van der Waals surface area contributed by atoms with Gasteiger partial charge in [0.25, 0.3) is 0 Å². The first kappa shape index (κ1) is 34.4. The highest BCUT2D eigenvalue weighted by molar-refractivity contribution is 5.66. The molecule has 33 heavy (non-hydrogen) atoms. The molecule has 0 aliphatic heterocycles. The zero-order chi connectivity index (χ0) is 25.2. The van der Waals surface area contributed by atoms with Crippen molar-refractivity contribution in [3.8, 4) is 0 Å². The highest BCUT2D eigenvalue weighted by Gasteiger charge is 2.05. The second-order valence-corrected chi connectivity index (χ2v) is 8.51. The summed E-state index contributed by atoms with van der Waals surface area (Å²) < 4.78 is 0. The Morgan fingerprint density at radius 2 is 1.03 bits per heavy atom. The third-order valence-corrected chi connectivity index (χ3v) is 5.09. The minimum absolute atomic E-state index is 0.172. The minimum atomic E-state index is -0.990. The van der Waals surface area contributed by atoms with Crippen molar-refractivity contribution < 1.29 is 45.2 Å². The average molecular weight is 483 g/mol. The fraction of sp³-hybridized carbons (Fsp3) is 0.958. The van der Waals surface area contributed by atoms with Crippen LogP contribution in [0.15, 0.2) is 0 Å². The molecule has 0 amide bonds. The van der Waals surface area contributed by atoms with Crippen LogP contribution in [0.2, 0.25) is 0 Å². The van der Waals surface area contributed by atoms with Gasteiger partial charge in [-0.1, -0.05) is 77.6 Å². The molecule has 3 unspecified atom stereocenters. The van der Waals surface area contributed by atoms with Gasteiger partial charge in [0.2, 0.25) is 0 Å². The van der Waals surface area contributed by atoms with Crippen LogP contribution >= 0.6 is 0 Å². The second-order valence-electron chi connectivity index (χ2n) is 8.51. The third-order valence-electron chi connectivity index (χ3n) is 5.09. The Hall–Kier alpha value is -0.810. The van der Waals surface area contributed by atoms with Crippen LogP contribution in [-0.4, -0.2) is 81.3 Å². The number of rotatable bonds is 23. The molecule has 0 saturated heterocycles. The summed E-state index contributed by atoms with van der Waals surface area (Å²) in [6.45, 7) is 1.08. The summed E-state index contributed by atoms with van der Waals surface area (Å²) in [6.07, 6.45) is 14.3. The molecule has 9 nitrogen and oxygen atoms in total. The molecule has 0 fully saturated rings. The highest BCUT2D eigenvalue weighted by Crippen LogP contribution is 2.14. The van der Waals surface area contributed by atoms with Crippen LogP contribution in [-0.2, 0) is 14.6 Å². The van der Waals surface area contributed by atoms with Crippen LogP contribution in [0, 0.1) is 0 Å². The number of carboxylic acids is 1. The van der Waals surface area contributed by atoms with Crippen LogP contribution in [0.5, 0.6) is 0 Å². The van der Waals surface area contributed by atoms with Gasteiger partial charge < -0.3 is 30.6 Å². The average Bonchev–Trinajstić information content (AvgIpc) is 2.80. The van der Waals surface area contributed by atoms with Gasteiger partial charge in [-0.25, -0.2) is 9.78 Å². The number of carbonyl (C=O) groups is 1. The summed E-state index contributed by atoms with van der Waals surface area (Å²) >= 11 is 0. The first-order chi connectivity index (χ1) is 15.9. The summed E-state index contributed by atoms with van der Waals surface area (Å²) in [7, 11) is 0. The molecule has 0 bridgehead atoms. The fourth-order valence-corrected chi connectivity index (χ4v) is 3.03. The number of aliphatic carboxylic acids is 1. The van der Waals surface area contributed by atoms with Gasteiger partial charge in [0.15, 0.2) is 0 Å². The lowest BCUT2D eigenvalue weighted by Gasteiger charge is -2.10. The standard InChI is InChI=1S/C18H36O3.C6H14O6/c1-2-3-4-5-6-7-8-9-11-14-17(19)15-12-10-13-16-18(20)21;7-1-5(9)3-11-12-4-6(10)2-8/h17,19H,2-16H2,1H3,(H,20,21);5-10H,1-4H2. The summed E-state index contributed by atoms with van der Waals surface area (Å²) in [5.74, 6) is -0.717. The zero-order valence-corrected chi connectivity index (χ0v) is 20.6. The van der Waals surface area contributed by atoms with E-state index in [1.165, 1.54) is 51.4 Å². The van der Waals surface area contributed by atoms with Crippen molar-refractivity contribution >= 4 is 5.97 Å². The first-order valence-corrected chi connectivity index (χ1v) is 12.6. The lowest BCUT2D eigenvalue weighted by Crippen LogP contribution is -2.23. The molecule has 0 radical (unpaired) electrons. The zero-order valence-electron chi connectivity index (χ0n) is 20.6. The predicted molar refractivity (Wildman–Crippen MR) is 127 cm³/mol. The summed E-state index contributed by atoms with van der Waals surface area (Å²) in [4.78, 5) is 19.1. The van der Waals surface area contributed by atoms with Gasteiger partial charge >= 0.3 is 5.97 Å². The van der Waals surface area contributed by atoms with E-state index in [1.807, 2.05) is 0 Å². The number of aliphatic hydroxyl groups is 5. The monoisotopic (exact) mass is 482 g/mol. The highest BCUT2D eigenvalue weighted by atomic mass is 17.2. The number of hydrogen-bond donors (Lipinski definition) is 6. The smallest absolute Gasteiger partial charge is 0.303 e. The Bertz CT molecular complexity index is 384. The summed E-state index contributed by atoms with van der Waals surface area (Å²) in [6, 6.07) is 0. The molecule has 0 aliphatic carbocycles. The Balaban J connectivity index is 0. The van der Waals surface area contributed by atoms with Crippen molar-refractivity contribution in [1.82, 2.24) is 0 Å². The second kappa shape index (κ2) is 27.4. The van der Waals surface area contributed by atoms with E-state index in [9.17, 15) is 9.90 Å². The van der Waals surface area contributed by atoms with E-state index in [1.54, 1.807) is 0 Å². The van der Waals surface area contributed by atoms with E-state index in [4.69, 9.17) is 25.5 Å². The van der Waals surface area contributed by atoms with Crippen molar-refractivity contribution in [3.05, 3.63) is 0 Å². The van der Waals surface area contributed by atoms with E-state index < -0.39 is 31.4 Å². The number of hydrogen-bond acceptors (Lipinski definition) is 8. The summed E-state index contributed by atoms with van der Waals surface area (Å²) in [5, 5.41) is 52.4. The normalized spacial score (nSPS) is 13.8. The number of unbranched alkanes of at least 4 members (excludes halogenated alkanes) is 10. The maximum Gasteiger partial charge on any atom is 0.303 e. The van der Waals surface area contributed by atoms with Gasteiger partial charge in [-0.05, 0) is 19.3 Å². The first-order valence-electron chi connectivity index (χ1n) is 12.6. The van der Waals surface area contributed by atoms with Crippen molar-refractivity contribution in [3.63, 3.8) is 0 Å². The maximum atomic E-state index is 10.3. The molecule has 0 aromatic carbocycles. The quantitative estimate of drug-likeness (QED) is 0.0732. The predicted octanol–water partition coefficient (Wildman–Crippen LogP) is 2.94. The molecule has 0 spiro atoms. The molecule has 6 N–H and O–H groups in total. The van der Waals surface area contributed by atoms with E-state index in [2.05, 4.69) is 16.7 Å². The lowest BCUT2D eigenvalue weighted by atomic mass is 10.0. The van der Waals surface area contributed by atoms with Crippen molar-refractivity contribution in [1.29, 1.82) is 0 Å². The van der Waals surface area contributed by atoms with E-state index in [0.717, 1.165) is 38.5 Å². The molecule has 9 heteroatoms. The van der Waals surface area contributed by atoms with Crippen molar-refractivity contribution in [2.45, 2.75) is 122 Å². The molecule has 0 rings (SSSR count). The van der Waals surface area contributed by atoms with Gasteiger partial charge in [0.1, 0.15) is 25.4 Å². The topological polar surface area (TPSA) is 157 Å². The van der Waals surface area contributed by atoms with Gasteiger partial charge in [-0.2, -0.15) is 0 Å². The van der Waals surface area contributed by atoms with Crippen LogP contribution in [0.4, 0.5) is 0 Å². The maximum absolute atomic E-state index is 10.3. The molecular weight excluding hydrogens is 432 g/mol. The van der Waals surface area contributed by atoms with E-state index in [0.29, 0.717) is 0 Å². The van der Waals surface area contributed by atoms with Gasteiger partial charge in [-0.15, -0.1) is 0 Å². The van der Waals surface area contributed by atoms with Crippen LogP contribution in [0.3, 0.4) is 0 Å². The molecule has 3 atom stereocenters. The molecule has 0 aromatic heterocycles. The Kier molecular flexibility index (Phi) is 28.6. The Morgan fingerprint density at radius 1 is 0.636 bits per heavy atom. The van der Waals surface area contributed by atoms with Gasteiger partial charge in [0.05, 0.1) is 19.3 Å². The number of carboxylic acid groups (broad SMARTS) is 1. The minimum Gasteiger partial charge on any atom is -0.481 e. The number of aliphatic hydroxyl groups excluding tert-OH is 5. The Morgan fingerprint density at radius 3 is 1.42 bits per heavy atom. The van der Waals surface area contributed by atoms with E-state index in [-0.39, 0.29) is 25.7 Å². The fourth-order valence-electron chi connectivity index (χ4n) is 3.03. The lowest BCUT2D eigenvalue weighted by molar-refractivity contribution is -0.316. The molecule has 0 aromatic rings. The van der Waals surface area contributed by atoms with Crippen molar-refractivity contribution in [2.24, 2.45) is 0 Å². The molecule has 0 aliphatic rings. The van der Waals surface area contributed by atoms with Crippen molar-refractivity contribution in [2.75, 3.05) is 26.4 Å². The SMILES string of the molecule is CCCCCCCCCCCC(O)CCCCCC(=O)O.OCC(O)COOCC(O)CO. The van der Waals surface area contributed by atoms with E-state index >= 15 is 0 Å². The molecular formula is C24H50O9. The largest absolute Gasteiger partial charge is 0.481 e. The van der Waals surface area contributed by atoms with Gasteiger partial charge in [0, 0.05) is 6.42 Å². The van der Waals surface area contributed by atoms with Crippen LogP contribution in [0.1, 0.15) is 103 Å². The Labute approximate surface area is 199 Å². The van der Waals surface area contributed by atoms with Crippen LogP contribution < -0.4 is 0 Å². The molecule has 0 heterocycles. The van der Waals surface area contributed by atoms with Gasteiger partial charge in [-0.3, -0.25) is 4.79 Å². The third kappa shape index (κ3) is 31.2. The molecule has 200 valence electrons. The van der Waals surface area contributed by atoms with Crippen LogP contribution in [0.25, 0.3) is 0 Å². The summed E-state index contributed by atoms with van der Waals surface area (Å²) in [5.41, 5.74) is 0. The molecule has 0 saturated carbocycles.